The van der Waals surface area contributed by atoms with Crippen molar-refractivity contribution in [1.82, 2.24) is 14.5 Å². The van der Waals surface area contributed by atoms with E-state index in [9.17, 15) is 23.2 Å². The summed E-state index contributed by atoms with van der Waals surface area (Å²) in [6, 6.07) is 9.54. The largest absolute Gasteiger partial charge is 0.633 e. The number of anilines is 1. The zero-order valence-electron chi connectivity index (χ0n) is 18.8. The van der Waals surface area contributed by atoms with Crippen molar-refractivity contribution in [3.63, 3.8) is 0 Å². The number of H-pyrrole nitrogens is 1. The lowest BCUT2D eigenvalue weighted by Crippen LogP contribution is -2.56. The van der Waals surface area contributed by atoms with Gasteiger partial charge in [0.1, 0.15) is 6.04 Å². The van der Waals surface area contributed by atoms with Crippen molar-refractivity contribution >= 4 is 27.7 Å². The Morgan fingerprint density at radius 2 is 1.88 bits per heavy atom. The van der Waals surface area contributed by atoms with E-state index in [1.807, 2.05) is 18.2 Å². The lowest BCUT2D eigenvalue weighted by atomic mass is 9.99. The average molecular weight is 479 g/mol. The van der Waals surface area contributed by atoms with Crippen LogP contribution in [0.3, 0.4) is 0 Å². The maximum absolute atomic E-state index is 13.7. The number of hydrogen-bond acceptors (Lipinski definition) is 6. The van der Waals surface area contributed by atoms with E-state index in [2.05, 4.69) is 10.2 Å². The Labute approximate surface area is 193 Å². The number of likely N-dealkylation sites (N-methyl/N-ethyl adjacent to an activating group) is 1. The molecule has 3 N–H and O–H groups in total. The molecular formula is C21H30N6O5S. The van der Waals surface area contributed by atoms with Crippen LogP contribution in [0.1, 0.15) is 12.5 Å². The van der Waals surface area contributed by atoms with E-state index in [-0.39, 0.29) is 38.4 Å². The topological polar surface area (TPSA) is 153 Å². The Morgan fingerprint density at radius 3 is 2.42 bits per heavy atom. The summed E-state index contributed by atoms with van der Waals surface area (Å²) in [6.45, 7) is 1.95. The molecule has 0 saturated carbocycles. The standard InChI is InChI=1S/C21H30N6O5S/c1-16(20(22)28)26(19-8-9-23-24-19)21(29)18(14-17-6-4-3-5-7-17)15-33(31,32)25-10-12-27(2,30)13-11-25/h3-9,16,18H,10-15H2,1-2H3,(H2,22,28)(H,23,24). The fourth-order valence-corrected chi connectivity index (χ4v) is 5.54. The van der Waals surface area contributed by atoms with Crippen molar-refractivity contribution in [3.05, 3.63) is 53.4 Å². The number of nitrogens with zero attached hydrogens (tertiary/aromatic N) is 4. The second-order valence-corrected chi connectivity index (χ2v) is 10.5. The number of rotatable bonds is 9. The first kappa shape index (κ1) is 24.8. The predicted octanol–water partition coefficient (Wildman–Crippen LogP) is 0.0652. The molecule has 1 aliphatic rings. The number of amides is 2. The van der Waals surface area contributed by atoms with Crippen LogP contribution in [0.15, 0.2) is 42.6 Å². The molecule has 0 radical (unpaired) electrons. The minimum absolute atomic E-state index is 0.0926. The summed E-state index contributed by atoms with van der Waals surface area (Å²) in [7, 11) is -2.34. The van der Waals surface area contributed by atoms with Crippen LogP contribution in [0, 0.1) is 11.1 Å². The molecule has 2 atom stereocenters. The third kappa shape index (κ3) is 6.16. The number of primary amides is 1. The fraction of sp³-hybridized carbons (Fsp3) is 0.476. The number of hydroxylamine groups is 3. The van der Waals surface area contributed by atoms with Gasteiger partial charge in [0.2, 0.25) is 21.8 Å². The summed E-state index contributed by atoms with van der Waals surface area (Å²) >= 11 is 0. The van der Waals surface area contributed by atoms with E-state index in [1.54, 1.807) is 12.1 Å². The number of benzene rings is 1. The Balaban J connectivity index is 1.91. The molecule has 2 unspecified atom stereocenters. The molecule has 0 aliphatic carbocycles. The number of aromatic nitrogens is 2. The number of hydrogen-bond donors (Lipinski definition) is 2. The van der Waals surface area contributed by atoms with Crippen LogP contribution in [-0.2, 0) is 26.0 Å². The number of quaternary nitrogens is 1. The molecule has 0 spiro atoms. The average Bonchev–Trinajstić information content (AvgIpc) is 3.28. The second kappa shape index (κ2) is 10.00. The third-order valence-corrected chi connectivity index (χ3v) is 7.87. The number of nitrogens with one attached hydrogen (secondary N) is 1. The molecule has 0 bridgehead atoms. The molecule has 1 aromatic carbocycles. The Kier molecular flexibility index (Phi) is 7.52. The quantitative estimate of drug-likeness (QED) is 0.384. The maximum Gasteiger partial charge on any atom is 0.240 e. The molecule has 33 heavy (non-hydrogen) atoms. The van der Waals surface area contributed by atoms with Crippen LogP contribution in [0.5, 0.6) is 0 Å². The van der Waals surface area contributed by atoms with Crippen LogP contribution in [0.2, 0.25) is 0 Å². The van der Waals surface area contributed by atoms with Gasteiger partial charge in [-0.1, -0.05) is 30.3 Å². The van der Waals surface area contributed by atoms with E-state index < -0.39 is 44.2 Å². The highest BCUT2D eigenvalue weighted by atomic mass is 32.2. The predicted molar refractivity (Wildman–Crippen MR) is 123 cm³/mol. The lowest BCUT2D eigenvalue weighted by molar-refractivity contribution is -0.864. The summed E-state index contributed by atoms with van der Waals surface area (Å²) in [5, 5.41) is 18.7. The van der Waals surface area contributed by atoms with E-state index in [0.717, 1.165) is 10.5 Å². The van der Waals surface area contributed by atoms with Gasteiger partial charge >= 0.3 is 0 Å². The van der Waals surface area contributed by atoms with Crippen molar-refractivity contribution in [2.24, 2.45) is 11.7 Å². The first-order valence-electron chi connectivity index (χ1n) is 10.7. The third-order valence-electron chi connectivity index (χ3n) is 5.89. The molecule has 2 heterocycles. The SMILES string of the molecule is CC(C(N)=O)N(C(=O)C(Cc1ccccc1)CS(=O)(=O)N1CC[N+](C)([O-])CC1)c1cc[nH]n1. The number of carbonyl (C=O) groups is 2. The van der Waals surface area contributed by atoms with Crippen LogP contribution < -0.4 is 10.6 Å². The van der Waals surface area contributed by atoms with Gasteiger partial charge in [0.25, 0.3) is 0 Å². The van der Waals surface area contributed by atoms with Crippen molar-refractivity contribution in [1.29, 1.82) is 0 Å². The van der Waals surface area contributed by atoms with E-state index >= 15 is 0 Å². The molecule has 1 saturated heterocycles. The fourth-order valence-electron chi connectivity index (χ4n) is 3.84. The summed E-state index contributed by atoms with van der Waals surface area (Å²) in [4.78, 5) is 26.8. The summed E-state index contributed by atoms with van der Waals surface area (Å²) in [5.41, 5.74) is 6.25. The number of sulfonamides is 1. The van der Waals surface area contributed by atoms with Gasteiger partial charge in [-0.25, -0.2) is 8.42 Å². The summed E-state index contributed by atoms with van der Waals surface area (Å²) in [6.07, 6.45) is 1.65. The van der Waals surface area contributed by atoms with Crippen LogP contribution in [0.4, 0.5) is 5.82 Å². The minimum atomic E-state index is -3.85. The van der Waals surface area contributed by atoms with Crippen molar-refractivity contribution in [2.75, 3.05) is 43.9 Å². The monoisotopic (exact) mass is 478 g/mol. The van der Waals surface area contributed by atoms with Crippen molar-refractivity contribution < 1.29 is 22.7 Å². The van der Waals surface area contributed by atoms with Crippen molar-refractivity contribution in [2.45, 2.75) is 19.4 Å². The molecule has 12 heteroatoms. The number of aromatic amines is 1. The first-order valence-corrected chi connectivity index (χ1v) is 12.3. The highest BCUT2D eigenvalue weighted by Gasteiger charge is 2.38. The van der Waals surface area contributed by atoms with Gasteiger partial charge in [0.05, 0.1) is 44.9 Å². The molecular weight excluding hydrogens is 448 g/mol. The zero-order chi connectivity index (χ0) is 24.2. The van der Waals surface area contributed by atoms with Gasteiger partial charge in [-0.15, -0.1) is 0 Å². The summed E-state index contributed by atoms with van der Waals surface area (Å²) in [5.74, 6) is -2.58. The van der Waals surface area contributed by atoms with E-state index in [4.69, 9.17) is 5.73 Å². The molecule has 2 amide bonds. The van der Waals surface area contributed by atoms with Crippen LogP contribution in [0.25, 0.3) is 0 Å². The van der Waals surface area contributed by atoms with Gasteiger partial charge in [-0.05, 0) is 18.9 Å². The molecule has 11 nitrogen and oxygen atoms in total. The minimum Gasteiger partial charge on any atom is -0.633 e. The Hall–Kier alpha value is -2.80. The summed E-state index contributed by atoms with van der Waals surface area (Å²) < 4.78 is 27.3. The molecule has 1 aliphatic heterocycles. The number of nitrogens with two attached hydrogens (primary N) is 1. The molecule has 2 aromatic rings. The highest BCUT2D eigenvalue weighted by molar-refractivity contribution is 7.89. The maximum atomic E-state index is 13.7. The lowest BCUT2D eigenvalue weighted by Gasteiger charge is -2.44. The first-order chi connectivity index (χ1) is 15.5. The Bertz CT molecular complexity index is 1050. The molecule has 1 fully saturated rings. The number of carbonyl (C=O) groups excluding carboxylic acids is 2. The second-order valence-electron chi connectivity index (χ2n) is 8.53. The van der Waals surface area contributed by atoms with Gasteiger partial charge in [0.15, 0.2) is 5.82 Å². The Morgan fingerprint density at radius 1 is 1.24 bits per heavy atom. The molecule has 1 aromatic heterocycles. The molecule has 3 rings (SSSR count). The normalized spacial score (nSPS) is 18.4. The van der Waals surface area contributed by atoms with E-state index in [0.29, 0.717) is 0 Å². The zero-order valence-corrected chi connectivity index (χ0v) is 19.6. The van der Waals surface area contributed by atoms with Gasteiger partial charge in [-0.3, -0.25) is 19.6 Å². The van der Waals surface area contributed by atoms with Crippen LogP contribution >= 0.6 is 0 Å². The van der Waals surface area contributed by atoms with Gasteiger partial charge in [0, 0.05) is 12.3 Å². The molecule has 180 valence electrons. The van der Waals surface area contributed by atoms with Gasteiger partial charge in [-0.2, -0.15) is 9.40 Å². The van der Waals surface area contributed by atoms with E-state index in [1.165, 1.54) is 30.5 Å². The van der Waals surface area contributed by atoms with Gasteiger partial charge < -0.3 is 15.6 Å². The highest BCUT2D eigenvalue weighted by Crippen LogP contribution is 2.23. The van der Waals surface area contributed by atoms with Crippen LogP contribution in [-0.4, -0.2) is 84.4 Å². The number of piperazine rings is 1. The van der Waals surface area contributed by atoms with Crippen molar-refractivity contribution in [3.8, 4) is 0 Å². The smallest absolute Gasteiger partial charge is 0.240 e.